The smallest absolute Gasteiger partial charge is 0.337 e. The van der Waals surface area contributed by atoms with Gasteiger partial charge in [0.2, 0.25) is 0 Å². The summed E-state index contributed by atoms with van der Waals surface area (Å²) in [7, 11) is 0. The Morgan fingerprint density at radius 1 is 1.41 bits per heavy atom. The normalized spacial score (nSPS) is 12.2. The van der Waals surface area contributed by atoms with E-state index in [1.54, 1.807) is 6.07 Å². The maximum atomic E-state index is 11.7. The molecule has 4 nitrogen and oxygen atoms in total. The van der Waals surface area contributed by atoms with E-state index in [-0.39, 0.29) is 23.6 Å². The zero-order valence-corrected chi connectivity index (χ0v) is 11.0. The monoisotopic (exact) mass is 320 g/mol. The summed E-state index contributed by atoms with van der Waals surface area (Å²) in [6.07, 6.45) is -1.50. The van der Waals surface area contributed by atoms with Gasteiger partial charge in [-0.2, -0.15) is 0 Å². The standard InChI is InChI=1S/C11H10BrClO4/c12-9-6(8(14)4-5-13)2-1-3-7(9)10(15)11(16)17/h1-3,10,15H,4-5H2,(H,16,17). The number of aliphatic hydroxyl groups is 1. The van der Waals surface area contributed by atoms with Gasteiger partial charge in [0.25, 0.3) is 0 Å². The third-order valence-corrected chi connectivity index (χ3v) is 3.25. The van der Waals surface area contributed by atoms with Gasteiger partial charge in [0.1, 0.15) is 0 Å². The molecule has 0 aliphatic carbocycles. The number of aliphatic carboxylic acids is 1. The van der Waals surface area contributed by atoms with E-state index >= 15 is 0 Å². The van der Waals surface area contributed by atoms with Crippen molar-refractivity contribution in [1.82, 2.24) is 0 Å². The van der Waals surface area contributed by atoms with Crippen LogP contribution in [-0.2, 0) is 4.79 Å². The van der Waals surface area contributed by atoms with Crippen molar-refractivity contribution < 1.29 is 19.8 Å². The van der Waals surface area contributed by atoms with E-state index in [0.29, 0.717) is 10.0 Å². The Labute approximate surface area is 111 Å². The first-order valence-corrected chi connectivity index (χ1v) is 6.10. The number of rotatable bonds is 5. The number of alkyl halides is 1. The van der Waals surface area contributed by atoms with Crippen LogP contribution >= 0.6 is 27.5 Å². The van der Waals surface area contributed by atoms with Crippen LogP contribution in [0.25, 0.3) is 0 Å². The minimum Gasteiger partial charge on any atom is -0.479 e. The number of carboxylic acid groups (broad SMARTS) is 1. The van der Waals surface area contributed by atoms with Gasteiger partial charge in [-0.1, -0.05) is 18.2 Å². The Morgan fingerprint density at radius 2 is 2.06 bits per heavy atom. The minimum atomic E-state index is -1.66. The van der Waals surface area contributed by atoms with Crippen LogP contribution in [0.5, 0.6) is 0 Å². The quantitative estimate of drug-likeness (QED) is 0.645. The highest BCUT2D eigenvalue weighted by atomic mass is 79.9. The van der Waals surface area contributed by atoms with E-state index in [4.69, 9.17) is 16.7 Å². The van der Waals surface area contributed by atoms with Crippen molar-refractivity contribution in [1.29, 1.82) is 0 Å². The lowest BCUT2D eigenvalue weighted by atomic mass is 10.0. The van der Waals surface area contributed by atoms with Crippen LogP contribution < -0.4 is 0 Å². The summed E-state index contributed by atoms with van der Waals surface area (Å²) < 4.78 is 0.296. The van der Waals surface area contributed by atoms with Gasteiger partial charge in [-0.05, 0) is 15.9 Å². The van der Waals surface area contributed by atoms with Gasteiger partial charge >= 0.3 is 5.97 Å². The van der Waals surface area contributed by atoms with Crippen molar-refractivity contribution in [2.75, 3.05) is 5.88 Å². The summed E-state index contributed by atoms with van der Waals surface area (Å²) in [4.78, 5) is 22.3. The SMILES string of the molecule is O=C(CCCl)c1cccc(C(O)C(=O)O)c1Br. The highest BCUT2D eigenvalue weighted by Crippen LogP contribution is 2.28. The number of halogens is 2. The average Bonchev–Trinajstić information content (AvgIpc) is 2.28. The summed E-state index contributed by atoms with van der Waals surface area (Å²) in [5, 5.41) is 18.2. The molecule has 92 valence electrons. The van der Waals surface area contributed by atoms with Gasteiger partial charge in [-0.25, -0.2) is 4.79 Å². The Kier molecular flexibility index (Phi) is 5.11. The second-order valence-corrected chi connectivity index (χ2v) is 4.48. The molecule has 0 radical (unpaired) electrons. The second kappa shape index (κ2) is 6.14. The van der Waals surface area contributed by atoms with Gasteiger partial charge in [-0.3, -0.25) is 4.79 Å². The Morgan fingerprint density at radius 3 is 2.59 bits per heavy atom. The molecule has 1 aromatic carbocycles. The molecule has 1 rings (SSSR count). The largest absolute Gasteiger partial charge is 0.479 e. The molecule has 2 N–H and O–H groups in total. The fourth-order valence-electron chi connectivity index (χ4n) is 1.33. The van der Waals surface area contributed by atoms with E-state index < -0.39 is 12.1 Å². The Balaban J connectivity index is 3.15. The molecule has 0 fully saturated rings. The number of aliphatic hydroxyl groups excluding tert-OH is 1. The van der Waals surface area contributed by atoms with E-state index in [9.17, 15) is 14.7 Å². The fourth-order valence-corrected chi connectivity index (χ4v) is 2.20. The molecule has 0 heterocycles. The Hall–Kier alpha value is -0.910. The van der Waals surface area contributed by atoms with Gasteiger partial charge in [-0.15, -0.1) is 11.6 Å². The lowest BCUT2D eigenvalue weighted by Crippen LogP contribution is -2.12. The predicted octanol–water partition coefficient (Wildman–Crippen LogP) is 2.38. The third-order valence-electron chi connectivity index (χ3n) is 2.18. The number of carbonyl (C=O) groups excluding carboxylic acids is 1. The summed E-state index contributed by atoms with van der Waals surface area (Å²) in [5.74, 6) is -1.38. The highest BCUT2D eigenvalue weighted by molar-refractivity contribution is 9.10. The Bertz CT molecular complexity index is 447. The molecule has 0 saturated carbocycles. The van der Waals surface area contributed by atoms with E-state index in [0.717, 1.165) is 0 Å². The van der Waals surface area contributed by atoms with Gasteiger partial charge in [0.05, 0.1) is 0 Å². The first-order chi connectivity index (χ1) is 7.99. The number of benzene rings is 1. The predicted molar refractivity (Wildman–Crippen MR) is 66.4 cm³/mol. The molecule has 6 heteroatoms. The molecule has 0 aliphatic heterocycles. The molecular formula is C11H10BrClO4. The lowest BCUT2D eigenvalue weighted by Gasteiger charge is -2.11. The molecule has 17 heavy (non-hydrogen) atoms. The van der Waals surface area contributed by atoms with Crippen LogP contribution in [0.2, 0.25) is 0 Å². The number of Topliss-reactive ketones (excluding diaryl/α,β-unsaturated/α-hetero) is 1. The highest BCUT2D eigenvalue weighted by Gasteiger charge is 2.21. The van der Waals surface area contributed by atoms with Crippen molar-refractivity contribution in [2.24, 2.45) is 0 Å². The van der Waals surface area contributed by atoms with Gasteiger partial charge in [0.15, 0.2) is 11.9 Å². The van der Waals surface area contributed by atoms with E-state index in [2.05, 4.69) is 15.9 Å². The summed E-state index contributed by atoms with van der Waals surface area (Å²) in [5.41, 5.74) is 0.473. The van der Waals surface area contributed by atoms with Crippen molar-refractivity contribution in [3.05, 3.63) is 33.8 Å². The van der Waals surface area contributed by atoms with Crippen molar-refractivity contribution in [3.63, 3.8) is 0 Å². The van der Waals surface area contributed by atoms with E-state index in [1.807, 2.05) is 0 Å². The molecule has 1 aromatic rings. The number of hydrogen-bond acceptors (Lipinski definition) is 3. The molecule has 0 aliphatic rings. The van der Waals surface area contributed by atoms with Crippen molar-refractivity contribution in [2.45, 2.75) is 12.5 Å². The number of carbonyl (C=O) groups is 2. The third kappa shape index (κ3) is 3.28. The fraction of sp³-hybridized carbons (Fsp3) is 0.273. The van der Waals surface area contributed by atoms with Crippen LogP contribution in [0.15, 0.2) is 22.7 Å². The average molecular weight is 322 g/mol. The maximum absolute atomic E-state index is 11.7. The molecule has 0 amide bonds. The van der Waals surface area contributed by atoms with E-state index in [1.165, 1.54) is 12.1 Å². The molecular weight excluding hydrogens is 311 g/mol. The number of ketones is 1. The second-order valence-electron chi connectivity index (χ2n) is 3.31. The van der Waals surface area contributed by atoms with Gasteiger partial charge in [0, 0.05) is 27.9 Å². The van der Waals surface area contributed by atoms with Crippen LogP contribution in [0.1, 0.15) is 28.4 Å². The zero-order chi connectivity index (χ0) is 13.0. The lowest BCUT2D eigenvalue weighted by molar-refractivity contribution is -0.147. The zero-order valence-electron chi connectivity index (χ0n) is 8.69. The summed E-state index contributed by atoms with van der Waals surface area (Å²) in [6, 6.07) is 4.52. The molecule has 1 unspecified atom stereocenters. The summed E-state index contributed by atoms with van der Waals surface area (Å²) >= 11 is 8.61. The van der Waals surface area contributed by atoms with Crippen LogP contribution in [0.3, 0.4) is 0 Å². The molecule has 0 bridgehead atoms. The van der Waals surface area contributed by atoms with Crippen LogP contribution in [0.4, 0.5) is 0 Å². The minimum absolute atomic E-state index is 0.151. The van der Waals surface area contributed by atoms with Crippen LogP contribution in [0, 0.1) is 0 Å². The van der Waals surface area contributed by atoms with Crippen molar-refractivity contribution >= 4 is 39.3 Å². The van der Waals surface area contributed by atoms with Crippen molar-refractivity contribution in [3.8, 4) is 0 Å². The maximum Gasteiger partial charge on any atom is 0.337 e. The first-order valence-electron chi connectivity index (χ1n) is 4.77. The number of hydrogen-bond donors (Lipinski definition) is 2. The van der Waals surface area contributed by atoms with Gasteiger partial charge < -0.3 is 10.2 Å². The molecule has 0 aromatic heterocycles. The number of carboxylic acids is 1. The van der Waals surface area contributed by atoms with Crippen LogP contribution in [-0.4, -0.2) is 27.8 Å². The topological polar surface area (TPSA) is 74.6 Å². The molecule has 1 atom stereocenters. The molecule has 0 spiro atoms. The molecule has 0 saturated heterocycles. The first kappa shape index (κ1) is 14.2. The summed E-state index contributed by atoms with van der Waals surface area (Å²) in [6.45, 7) is 0.